The first-order chi connectivity index (χ1) is 19.5. The standard InChI is InChI=1S/C21H18Cl2N2O6S4.C5H5N/c1-2-13(7-20-24(11-31-34(26)27)16-9-14(22)3-5-18(16)32-20)8-21-25(12-35(28,29)30)17-10-15(23)4-6-19(17)33-21;1-2-4-6-5-3-1/h3-10H,2,11-12H2,1H3,(H-,26,27,28,29,30);1-5H. The lowest BCUT2D eigenvalue weighted by molar-refractivity contribution is -0.649. The van der Waals surface area contributed by atoms with E-state index in [9.17, 15) is 17.2 Å². The number of pyridine rings is 1. The maximum atomic E-state index is 11.6. The summed E-state index contributed by atoms with van der Waals surface area (Å²) >= 11 is 12.6. The maximum Gasteiger partial charge on any atom is 0.303 e. The third-order valence-electron chi connectivity index (χ3n) is 5.55. The number of fused-ring (bicyclic) bond motifs is 2. The van der Waals surface area contributed by atoms with E-state index in [1.54, 1.807) is 47.6 Å². The fourth-order valence-electron chi connectivity index (χ4n) is 3.76. The Balaban J connectivity index is 0.000000572. The van der Waals surface area contributed by atoms with E-state index >= 15 is 0 Å². The van der Waals surface area contributed by atoms with Crippen LogP contribution in [-0.2, 0) is 31.5 Å². The summed E-state index contributed by atoms with van der Waals surface area (Å²) in [5.41, 5.74) is 2.11. The Morgan fingerprint density at radius 3 is 2.49 bits per heavy atom. The lowest BCUT2D eigenvalue weighted by Crippen LogP contribution is -2.39. The molecular formula is C26H23Cl2N3O6S4. The van der Waals surface area contributed by atoms with Gasteiger partial charge in [0, 0.05) is 39.5 Å². The molecule has 15 heteroatoms. The van der Waals surface area contributed by atoms with Crippen molar-refractivity contribution in [2.45, 2.75) is 24.1 Å². The number of nitrogens with zero attached hydrogens (tertiary/aromatic N) is 3. The van der Waals surface area contributed by atoms with E-state index in [0.717, 1.165) is 25.9 Å². The molecule has 216 valence electrons. The van der Waals surface area contributed by atoms with Crippen molar-refractivity contribution in [2.75, 3.05) is 11.6 Å². The van der Waals surface area contributed by atoms with Crippen molar-refractivity contribution < 1.29 is 30.5 Å². The highest BCUT2D eigenvalue weighted by Crippen LogP contribution is 2.47. The molecule has 1 unspecified atom stereocenters. The van der Waals surface area contributed by atoms with Crippen molar-refractivity contribution in [1.82, 2.24) is 4.98 Å². The van der Waals surface area contributed by atoms with Crippen molar-refractivity contribution in [3.8, 4) is 0 Å². The molecule has 0 amide bonds. The lowest BCUT2D eigenvalue weighted by atomic mass is 10.2. The first-order valence-electron chi connectivity index (χ1n) is 11.9. The minimum atomic E-state index is -4.57. The van der Waals surface area contributed by atoms with Crippen LogP contribution in [0, 0.1) is 0 Å². The van der Waals surface area contributed by atoms with E-state index < -0.39 is 27.4 Å². The van der Waals surface area contributed by atoms with Gasteiger partial charge in [-0.1, -0.05) is 59.3 Å². The first-order valence-corrected chi connectivity index (χ1v) is 16.9. The van der Waals surface area contributed by atoms with Crippen LogP contribution in [-0.4, -0.2) is 33.4 Å². The number of aromatic nitrogens is 2. The fraction of sp³-hybridized carbons (Fsp3) is 0.154. The van der Waals surface area contributed by atoms with Crippen LogP contribution in [0.2, 0.25) is 10.0 Å². The Morgan fingerprint density at radius 2 is 1.88 bits per heavy atom. The van der Waals surface area contributed by atoms with Gasteiger partial charge in [-0.05, 0) is 60.5 Å². The Labute approximate surface area is 258 Å². The van der Waals surface area contributed by atoms with Crippen molar-refractivity contribution >= 4 is 89.8 Å². The first kappa shape index (κ1) is 31.6. The molecular weight excluding hydrogens is 649 g/mol. The zero-order valence-corrected chi connectivity index (χ0v) is 26.1. The normalized spacial score (nSPS) is 15.1. The van der Waals surface area contributed by atoms with Gasteiger partial charge in [0.2, 0.25) is 11.4 Å². The summed E-state index contributed by atoms with van der Waals surface area (Å²) < 4.78 is 62.3. The molecule has 0 radical (unpaired) electrons. The van der Waals surface area contributed by atoms with Gasteiger partial charge in [-0.15, -0.1) is 0 Å². The summed E-state index contributed by atoms with van der Waals surface area (Å²) in [7, 11) is -4.57. The Morgan fingerprint density at radius 1 is 1.17 bits per heavy atom. The Bertz CT molecular complexity index is 1700. The predicted octanol–water partition coefficient (Wildman–Crippen LogP) is 6.44. The topological polar surface area (TPSA) is 124 Å². The van der Waals surface area contributed by atoms with Crippen LogP contribution in [0.3, 0.4) is 0 Å². The third-order valence-corrected chi connectivity index (χ3v) is 9.12. The smallest absolute Gasteiger partial charge is 0.303 e. The monoisotopic (exact) mass is 671 g/mol. The molecule has 41 heavy (non-hydrogen) atoms. The van der Waals surface area contributed by atoms with Gasteiger partial charge in [-0.2, -0.15) is 8.78 Å². The molecule has 0 fully saturated rings. The van der Waals surface area contributed by atoms with Gasteiger partial charge in [-0.3, -0.25) is 9.54 Å². The van der Waals surface area contributed by atoms with Crippen LogP contribution in [0.5, 0.6) is 0 Å². The van der Waals surface area contributed by atoms with Gasteiger partial charge in [0.05, 0.1) is 10.7 Å². The van der Waals surface area contributed by atoms with Crippen molar-refractivity contribution in [1.29, 1.82) is 0 Å². The van der Waals surface area contributed by atoms with Crippen LogP contribution in [0.15, 0.2) is 88.6 Å². The van der Waals surface area contributed by atoms with Gasteiger partial charge < -0.3 is 9.45 Å². The average Bonchev–Trinajstić information content (AvgIpc) is 3.43. The van der Waals surface area contributed by atoms with Crippen molar-refractivity contribution in [3.63, 3.8) is 0 Å². The second kappa shape index (κ2) is 14.2. The largest absolute Gasteiger partial charge is 0.743 e. The molecule has 0 saturated carbocycles. The molecule has 0 aliphatic carbocycles. The molecule has 1 N–H and O–H groups in total. The molecule has 0 saturated heterocycles. The van der Waals surface area contributed by atoms with E-state index in [-0.39, 0.29) is 6.73 Å². The molecule has 0 bridgehead atoms. The number of anilines is 1. The fourth-order valence-corrected chi connectivity index (χ4v) is 7.19. The molecule has 0 spiro atoms. The summed E-state index contributed by atoms with van der Waals surface area (Å²) in [4.78, 5) is 6.41. The molecule has 2 aromatic heterocycles. The van der Waals surface area contributed by atoms with Gasteiger partial charge in [0.1, 0.15) is 11.4 Å². The predicted molar refractivity (Wildman–Crippen MR) is 164 cm³/mol. The minimum Gasteiger partial charge on any atom is -0.743 e. The molecule has 4 aromatic rings. The highest BCUT2D eigenvalue weighted by Gasteiger charge is 2.27. The summed E-state index contributed by atoms with van der Waals surface area (Å²) in [6.07, 6.45) is 7.78. The second-order valence-corrected chi connectivity index (χ2v) is 13.4. The van der Waals surface area contributed by atoms with Gasteiger partial charge in [0.15, 0.2) is 10.1 Å². The zero-order chi connectivity index (χ0) is 29.6. The van der Waals surface area contributed by atoms with Crippen LogP contribution < -0.4 is 9.47 Å². The number of thiazole rings is 1. The molecule has 3 heterocycles. The Hall–Kier alpha value is -2.33. The molecule has 2 aromatic carbocycles. The van der Waals surface area contributed by atoms with E-state index in [1.807, 2.05) is 43.3 Å². The number of benzene rings is 2. The SMILES string of the molecule is CCC(=Cc1sc2ccc(Cl)cc2[n+]1CS(=O)(=O)[O-])C=C1Sc2ccc(Cl)cc2N1COS(=O)O.c1ccncc1. The maximum absolute atomic E-state index is 11.6. The number of rotatable bonds is 8. The highest BCUT2D eigenvalue weighted by molar-refractivity contribution is 8.03. The van der Waals surface area contributed by atoms with Crippen LogP contribution >= 0.6 is 46.3 Å². The molecule has 1 aliphatic rings. The zero-order valence-electron chi connectivity index (χ0n) is 21.3. The molecule has 1 atom stereocenters. The molecule has 1 aliphatic heterocycles. The van der Waals surface area contributed by atoms with Crippen molar-refractivity contribution in [2.24, 2.45) is 0 Å². The highest BCUT2D eigenvalue weighted by atomic mass is 35.5. The number of hydrogen-bond acceptors (Lipinski definition) is 9. The number of halogens is 2. The van der Waals surface area contributed by atoms with E-state index in [0.29, 0.717) is 27.0 Å². The van der Waals surface area contributed by atoms with Gasteiger partial charge in [-0.25, -0.2) is 12.6 Å². The number of hydrogen-bond donors (Lipinski definition) is 1. The summed E-state index contributed by atoms with van der Waals surface area (Å²) in [5, 5.41) is 2.23. The summed E-state index contributed by atoms with van der Waals surface area (Å²) in [6.45, 7) is 1.76. The van der Waals surface area contributed by atoms with Crippen molar-refractivity contribution in [3.05, 3.63) is 98.7 Å². The van der Waals surface area contributed by atoms with E-state index in [4.69, 9.17) is 31.9 Å². The van der Waals surface area contributed by atoms with E-state index in [2.05, 4.69) is 4.98 Å². The number of thioether (sulfide) groups is 1. The number of allylic oxidation sites excluding steroid dienone is 2. The summed E-state index contributed by atoms with van der Waals surface area (Å²) in [5.74, 6) is -0.728. The van der Waals surface area contributed by atoms with Crippen LogP contribution in [0.25, 0.3) is 16.3 Å². The third kappa shape index (κ3) is 8.83. The quantitative estimate of drug-likeness (QED) is 0.128. The van der Waals surface area contributed by atoms with Crippen LogP contribution in [0.1, 0.15) is 18.4 Å². The van der Waals surface area contributed by atoms with E-state index in [1.165, 1.54) is 27.7 Å². The second-order valence-electron chi connectivity index (χ2n) is 8.35. The Kier molecular flexibility index (Phi) is 11.0. The molecule has 9 nitrogen and oxygen atoms in total. The molecule has 5 rings (SSSR count). The van der Waals surface area contributed by atoms with Gasteiger partial charge >= 0.3 is 11.4 Å². The van der Waals surface area contributed by atoms with Crippen LogP contribution in [0.4, 0.5) is 5.69 Å². The summed E-state index contributed by atoms with van der Waals surface area (Å²) in [6, 6.07) is 16.2. The minimum absolute atomic E-state index is 0.178. The average molecular weight is 673 g/mol. The lowest BCUT2D eigenvalue weighted by Gasteiger charge is -2.19. The van der Waals surface area contributed by atoms with Gasteiger partial charge in [0.25, 0.3) is 5.01 Å².